The number of phosphoric ester groups is 1. The minimum absolute atomic E-state index is 0.0363. The average molecular weight is 403 g/mol. The van der Waals surface area contributed by atoms with Gasteiger partial charge in [0.05, 0.1) is 11.5 Å². The van der Waals surface area contributed by atoms with E-state index in [4.69, 9.17) is 9.79 Å². The van der Waals surface area contributed by atoms with Crippen molar-refractivity contribution < 1.29 is 32.1 Å². The van der Waals surface area contributed by atoms with Crippen molar-refractivity contribution in [3.63, 3.8) is 0 Å². The molecule has 1 fully saturated rings. The molecule has 1 aromatic carbocycles. The molecular formula is C16H22NO7PS. The van der Waals surface area contributed by atoms with Crippen LogP contribution in [0.25, 0.3) is 0 Å². The number of hydrogen-bond donors (Lipinski definition) is 3. The molecule has 0 aliphatic heterocycles. The third-order valence-corrected chi connectivity index (χ3v) is 6.53. The molecule has 0 saturated heterocycles. The number of nitrogens with one attached hydrogen (secondary N) is 1. The van der Waals surface area contributed by atoms with Gasteiger partial charge in [-0.2, -0.15) is 0 Å². The molecule has 1 aliphatic rings. The Balaban J connectivity index is 1.98. The van der Waals surface area contributed by atoms with Gasteiger partial charge in [0.25, 0.3) is 5.91 Å². The summed E-state index contributed by atoms with van der Waals surface area (Å²) in [6.45, 7) is -0.341. The molecule has 3 N–H and O–H groups in total. The lowest BCUT2D eigenvalue weighted by atomic mass is 10.1. The molecule has 2 rings (SSSR count). The molecule has 26 heavy (non-hydrogen) atoms. The highest BCUT2D eigenvalue weighted by atomic mass is 32.2. The minimum atomic E-state index is -4.90. The second-order valence-corrected chi connectivity index (χ2v) is 9.72. The lowest BCUT2D eigenvalue weighted by Crippen LogP contribution is -2.38. The number of carbonyl (C=O) groups is 1. The molecule has 0 heterocycles. The molecule has 0 aromatic heterocycles. The molecule has 1 unspecified atom stereocenters. The Bertz CT molecular complexity index is 741. The molecule has 1 saturated carbocycles. The number of hydrogen-bond acceptors (Lipinski definition) is 5. The van der Waals surface area contributed by atoms with E-state index in [2.05, 4.69) is 22.0 Å². The summed E-state index contributed by atoms with van der Waals surface area (Å²) in [7, 11) is -8.48. The number of sulfone groups is 1. The van der Waals surface area contributed by atoms with Crippen LogP contribution in [0.2, 0.25) is 0 Å². The maximum atomic E-state index is 12.3. The van der Waals surface area contributed by atoms with Crippen molar-refractivity contribution >= 4 is 23.6 Å². The van der Waals surface area contributed by atoms with Crippen LogP contribution in [-0.2, 0) is 18.9 Å². The predicted molar refractivity (Wildman–Crippen MR) is 94.0 cm³/mol. The number of rotatable bonds is 9. The zero-order valence-electron chi connectivity index (χ0n) is 14.1. The number of phosphoric acid groups is 1. The molecule has 144 valence electrons. The van der Waals surface area contributed by atoms with Crippen LogP contribution in [0.4, 0.5) is 0 Å². The third-order valence-electron chi connectivity index (χ3n) is 4.10. The van der Waals surface area contributed by atoms with Crippen LogP contribution in [0.15, 0.2) is 18.2 Å². The van der Waals surface area contributed by atoms with Crippen molar-refractivity contribution in [1.29, 1.82) is 0 Å². The van der Waals surface area contributed by atoms with Crippen molar-refractivity contribution in [2.45, 2.75) is 31.8 Å². The molecule has 1 aromatic rings. The van der Waals surface area contributed by atoms with E-state index in [0.717, 1.165) is 25.7 Å². The predicted octanol–water partition coefficient (Wildman–Crippen LogP) is 1.10. The first-order valence-corrected chi connectivity index (χ1v) is 11.6. The smallest absolute Gasteiger partial charge is 0.349 e. The lowest BCUT2D eigenvalue weighted by Gasteiger charge is -2.20. The van der Waals surface area contributed by atoms with Gasteiger partial charge in [-0.05, 0) is 30.9 Å². The van der Waals surface area contributed by atoms with Crippen molar-refractivity contribution in [2.75, 3.05) is 18.1 Å². The van der Waals surface area contributed by atoms with Crippen molar-refractivity contribution in [2.24, 2.45) is 5.92 Å². The van der Waals surface area contributed by atoms with Crippen LogP contribution in [0, 0.1) is 18.1 Å². The molecule has 1 amide bonds. The fourth-order valence-electron chi connectivity index (χ4n) is 3.01. The van der Waals surface area contributed by atoms with Crippen LogP contribution in [-0.4, -0.2) is 48.3 Å². The van der Waals surface area contributed by atoms with Gasteiger partial charge in [0.2, 0.25) is 0 Å². The van der Waals surface area contributed by atoms with Crippen molar-refractivity contribution in [1.82, 2.24) is 5.32 Å². The van der Waals surface area contributed by atoms with Crippen molar-refractivity contribution in [3.8, 4) is 0 Å². The highest BCUT2D eigenvalue weighted by Crippen LogP contribution is 2.38. The highest BCUT2D eigenvalue weighted by Gasteiger charge is 2.30. The Morgan fingerprint density at radius 1 is 1.35 bits per heavy atom. The minimum Gasteiger partial charge on any atom is -0.349 e. The van der Waals surface area contributed by atoms with E-state index in [1.807, 2.05) is 0 Å². The number of amides is 1. The summed E-state index contributed by atoms with van der Waals surface area (Å²) in [5.41, 5.74) is 0.271. The van der Waals surface area contributed by atoms with Gasteiger partial charge in [0.1, 0.15) is 6.10 Å². The first-order chi connectivity index (χ1) is 12.1. The standard InChI is InChI=1S/C16H22NO7PS/c18-16(14-8-2-1-3-9-14)17-10-15(24-25(19,20)21)12-26(22,23)11-13-6-4-5-7-13/h2,8-9,13,15H,4-7,10-12H2,(H,17,18)(H2,19,20,21). The maximum Gasteiger partial charge on any atom is 0.469 e. The Morgan fingerprint density at radius 3 is 2.62 bits per heavy atom. The summed E-state index contributed by atoms with van der Waals surface area (Å²) < 4.78 is 40.4. The second-order valence-electron chi connectivity index (χ2n) is 6.38. The van der Waals surface area contributed by atoms with Gasteiger partial charge in [-0.1, -0.05) is 25.0 Å². The zero-order valence-corrected chi connectivity index (χ0v) is 15.8. The average Bonchev–Trinajstić information content (AvgIpc) is 3.03. The molecule has 0 spiro atoms. The quantitative estimate of drug-likeness (QED) is 0.526. The molecular weight excluding hydrogens is 381 g/mol. The summed E-state index contributed by atoms with van der Waals surface area (Å²) in [6, 6.07) is 9.62. The molecule has 0 bridgehead atoms. The summed E-state index contributed by atoms with van der Waals surface area (Å²) in [5, 5.41) is 2.43. The van der Waals surface area contributed by atoms with Gasteiger partial charge in [-0.15, -0.1) is 0 Å². The molecule has 10 heteroatoms. The van der Waals surface area contributed by atoms with Gasteiger partial charge >= 0.3 is 7.82 Å². The Hall–Kier alpha value is -1.43. The van der Waals surface area contributed by atoms with E-state index in [1.54, 1.807) is 0 Å². The highest BCUT2D eigenvalue weighted by molar-refractivity contribution is 7.91. The van der Waals surface area contributed by atoms with Gasteiger partial charge in [-0.3, -0.25) is 9.32 Å². The van der Waals surface area contributed by atoms with E-state index < -0.39 is 35.4 Å². The summed E-state index contributed by atoms with van der Waals surface area (Å²) in [6.07, 6.45) is 2.31. The number of carbonyl (C=O) groups excluding carboxylic acids is 1. The van der Waals surface area contributed by atoms with Crippen LogP contribution in [0.1, 0.15) is 36.0 Å². The van der Waals surface area contributed by atoms with Crippen LogP contribution >= 0.6 is 7.82 Å². The molecule has 0 radical (unpaired) electrons. The fourth-order valence-corrected chi connectivity index (χ4v) is 5.58. The second kappa shape index (κ2) is 8.98. The van der Waals surface area contributed by atoms with Crippen LogP contribution < -0.4 is 5.32 Å². The molecule has 1 atom stereocenters. The van der Waals surface area contributed by atoms with E-state index >= 15 is 0 Å². The van der Waals surface area contributed by atoms with Gasteiger partial charge in [-0.25, -0.2) is 13.0 Å². The SMILES string of the molecule is O=C(NCC(CS(=O)(=O)CC1CCCC1)OP(=O)(O)O)c1cc#ccc1. The third kappa shape index (κ3) is 7.44. The van der Waals surface area contributed by atoms with E-state index in [-0.39, 0.29) is 23.8 Å². The van der Waals surface area contributed by atoms with Gasteiger partial charge in [0, 0.05) is 18.2 Å². The summed E-state index contributed by atoms with van der Waals surface area (Å²) >= 11 is 0. The lowest BCUT2D eigenvalue weighted by molar-refractivity contribution is 0.0912. The van der Waals surface area contributed by atoms with Gasteiger partial charge < -0.3 is 15.1 Å². The van der Waals surface area contributed by atoms with E-state index in [0.29, 0.717) is 0 Å². The first kappa shape index (κ1) is 20.9. The largest absolute Gasteiger partial charge is 0.469 e. The maximum absolute atomic E-state index is 12.3. The normalized spacial score (nSPS) is 16.8. The Kier molecular flexibility index (Phi) is 7.21. The van der Waals surface area contributed by atoms with Crippen LogP contribution in [0.3, 0.4) is 0 Å². The first-order valence-electron chi connectivity index (χ1n) is 8.25. The van der Waals surface area contributed by atoms with Crippen molar-refractivity contribution in [3.05, 3.63) is 35.9 Å². The monoisotopic (exact) mass is 403 g/mol. The molecule has 8 nitrogen and oxygen atoms in total. The Morgan fingerprint density at radius 2 is 2.04 bits per heavy atom. The topological polar surface area (TPSA) is 130 Å². The summed E-state index contributed by atoms with van der Waals surface area (Å²) in [4.78, 5) is 30.1. The van der Waals surface area contributed by atoms with Gasteiger partial charge in [0.15, 0.2) is 9.84 Å². The van der Waals surface area contributed by atoms with Crippen LogP contribution in [0.5, 0.6) is 0 Å². The fraction of sp³-hybridized carbons (Fsp3) is 0.562. The summed E-state index contributed by atoms with van der Waals surface area (Å²) in [5.74, 6) is -1.06. The Labute approximate surface area is 153 Å². The zero-order chi connectivity index (χ0) is 19.2. The molecule has 1 aliphatic carbocycles. The van der Waals surface area contributed by atoms with E-state index in [1.165, 1.54) is 18.2 Å². The van der Waals surface area contributed by atoms with E-state index in [9.17, 15) is 17.8 Å².